The summed E-state index contributed by atoms with van der Waals surface area (Å²) in [6.07, 6.45) is 0. The fraction of sp³-hybridized carbons (Fsp3) is 0.263. The van der Waals surface area contributed by atoms with Crippen molar-refractivity contribution in [2.45, 2.75) is 6.54 Å². The van der Waals surface area contributed by atoms with Gasteiger partial charge in [-0.15, -0.1) is 0 Å². The van der Waals surface area contributed by atoms with Crippen LogP contribution < -0.4 is 5.32 Å². The molecule has 7 heteroatoms. The van der Waals surface area contributed by atoms with Crippen LogP contribution >= 0.6 is 0 Å². The van der Waals surface area contributed by atoms with Gasteiger partial charge in [-0.1, -0.05) is 12.1 Å². The van der Waals surface area contributed by atoms with Gasteiger partial charge < -0.3 is 10.2 Å². The number of carbonyl (C=O) groups excluding carboxylic acids is 1. The van der Waals surface area contributed by atoms with Gasteiger partial charge in [0.25, 0.3) is 0 Å². The van der Waals surface area contributed by atoms with Gasteiger partial charge in [0, 0.05) is 44.5 Å². The van der Waals surface area contributed by atoms with Crippen molar-refractivity contribution in [1.82, 2.24) is 9.80 Å². The van der Waals surface area contributed by atoms with Crippen molar-refractivity contribution in [3.8, 4) is 6.07 Å². The second-order valence-electron chi connectivity index (χ2n) is 6.16. The molecule has 0 unspecified atom stereocenters. The van der Waals surface area contributed by atoms with Gasteiger partial charge in [0.2, 0.25) is 0 Å². The predicted molar refractivity (Wildman–Crippen MR) is 93.4 cm³/mol. The smallest absolute Gasteiger partial charge is 0.321 e. The minimum absolute atomic E-state index is 0.104. The number of piperazine rings is 1. The van der Waals surface area contributed by atoms with Gasteiger partial charge in [-0.3, -0.25) is 4.90 Å². The summed E-state index contributed by atoms with van der Waals surface area (Å²) in [6, 6.07) is 12.1. The number of anilines is 1. The van der Waals surface area contributed by atoms with Crippen LogP contribution in [-0.4, -0.2) is 42.0 Å². The Balaban J connectivity index is 1.51. The lowest BCUT2D eigenvalue weighted by Gasteiger charge is -2.34. The fourth-order valence-electron chi connectivity index (χ4n) is 2.88. The number of hydrogen-bond donors (Lipinski definition) is 1. The molecule has 0 aromatic heterocycles. The Morgan fingerprint density at radius 3 is 2.23 bits per heavy atom. The van der Waals surface area contributed by atoms with E-state index in [4.69, 9.17) is 5.26 Å². The highest BCUT2D eigenvalue weighted by molar-refractivity contribution is 5.89. The number of benzene rings is 2. The summed E-state index contributed by atoms with van der Waals surface area (Å²) < 4.78 is 26.4. The zero-order valence-electron chi connectivity index (χ0n) is 14.1. The molecule has 3 rings (SSSR count). The van der Waals surface area contributed by atoms with Crippen LogP contribution in [0.25, 0.3) is 0 Å². The lowest BCUT2D eigenvalue weighted by atomic mass is 10.1. The Kier molecular flexibility index (Phi) is 5.44. The molecule has 2 aromatic rings. The quantitative estimate of drug-likeness (QED) is 0.919. The molecule has 1 aliphatic rings. The van der Waals surface area contributed by atoms with Crippen LogP contribution in [0.4, 0.5) is 19.3 Å². The summed E-state index contributed by atoms with van der Waals surface area (Å²) in [5, 5.41) is 11.4. The molecule has 0 aliphatic carbocycles. The standard InChI is InChI=1S/C19H18F2N4O/c20-16-9-17(21)11-18(10-16)23-19(26)25-7-5-24(6-8-25)13-15-3-1-14(12-22)2-4-15/h1-4,9-11H,5-8,13H2,(H,23,26). The lowest BCUT2D eigenvalue weighted by Crippen LogP contribution is -2.49. The highest BCUT2D eigenvalue weighted by Crippen LogP contribution is 2.15. The predicted octanol–water partition coefficient (Wildman–Crippen LogP) is 3.19. The third-order valence-electron chi connectivity index (χ3n) is 4.26. The van der Waals surface area contributed by atoms with E-state index in [1.165, 1.54) is 0 Å². The molecule has 134 valence electrons. The first-order chi connectivity index (χ1) is 12.5. The minimum Gasteiger partial charge on any atom is -0.322 e. The number of hydrogen-bond acceptors (Lipinski definition) is 3. The molecule has 1 aliphatic heterocycles. The first-order valence-electron chi connectivity index (χ1n) is 8.27. The number of halogens is 2. The minimum atomic E-state index is -0.729. The average molecular weight is 356 g/mol. The van der Waals surface area contributed by atoms with Crippen molar-refractivity contribution in [2.75, 3.05) is 31.5 Å². The summed E-state index contributed by atoms with van der Waals surface area (Å²) in [5.41, 5.74) is 1.84. The van der Waals surface area contributed by atoms with Crippen LogP contribution in [0.3, 0.4) is 0 Å². The SMILES string of the molecule is N#Cc1ccc(CN2CCN(C(=O)Nc3cc(F)cc(F)c3)CC2)cc1. The molecular weight excluding hydrogens is 338 g/mol. The number of nitrogens with zero attached hydrogens (tertiary/aromatic N) is 3. The van der Waals surface area contributed by atoms with E-state index in [1.807, 2.05) is 12.1 Å². The van der Waals surface area contributed by atoms with Crippen LogP contribution in [-0.2, 0) is 6.54 Å². The molecule has 0 spiro atoms. The van der Waals surface area contributed by atoms with E-state index in [9.17, 15) is 13.6 Å². The summed E-state index contributed by atoms with van der Waals surface area (Å²) in [6.45, 7) is 3.20. The Morgan fingerprint density at radius 1 is 1.04 bits per heavy atom. The van der Waals surface area contributed by atoms with Crippen molar-refractivity contribution >= 4 is 11.7 Å². The average Bonchev–Trinajstić information content (AvgIpc) is 2.62. The van der Waals surface area contributed by atoms with Crippen LogP contribution in [0.1, 0.15) is 11.1 Å². The van der Waals surface area contributed by atoms with E-state index in [0.29, 0.717) is 31.7 Å². The molecule has 0 saturated carbocycles. The van der Waals surface area contributed by atoms with E-state index in [0.717, 1.165) is 30.3 Å². The molecule has 0 atom stereocenters. The van der Waals surface area contributed by atoms with E-state index in [1.54, 1.807) is 17.0 Å². The zero-order valence-corrected chi connectivity index (χ0v) is 14.1. The zero-order chi connectivity index (χ0) is 18.5. The van der Waals surface area contributed by atoms with Crippen LogP contribution in [0.5, 0.6) is 0 Å². The molecule has 1 saturated heterocycles. The van der Waals surface area contributed by atoms with Crippen molar-refractivity contribution in [3.05, 3.63) is 65.2 Å². The molecule has 0 bridgehead atoms. The Bertz CT molecular complexity index is 804. The lowest BCUT2D eigenvalue weighted by molar-refractivity contribution is 0.143. The highest BCUT2D eigenvalue weighted by Gasteiger charge is 2.21. The van der Waals surface area contributed by atoms with Crippen LogP contribution in [0.2, 0.25) is 0 Å². The molecule has 1 heterocycles. The molecule has 2 aromatic carbocycles. The highest BCUT2D eigenvalue weighted by atomic mass is 19.1. The van der Waals surface area contributed by atoms with Crippen molar-refractivity contribution in [3.63, 3.8) is 0 Å². The number of amides is 2. The van der Waals surface area contributed by atoms with E-state index in [2.05, 4.69) is 16.3 Å². The van der Waals surface area contributed by atoms with Gasteiger partial charge in [0.05, 0.1) is 11.6 Å². The van der Waals surface area contributed by atoms with Gasteiger partial charge >= 0.3 is 6.03 Å². The summed E-state index contributed by atoms with van der Waals surface area (Å²) in [5.74, 6) is -1.46. The van der Waals surface area contributed by atoms with Crippen LogP contribution in [0.15, 0.2) is 42.5 Å². The molecule has 5 nitrogen and oxygen atoms in total. The maximum atomic E-state index is 13.2. The maximum absolute atomic E-state index is 13.2. The number of rotatable bonds is 3. The summed E-state index contributed by atoms with van der Waals surface area (Å²) in [4.78, 5) is 16.1. The van der Waals surface area contributed by atoms with Crippen LogP contribution in [0, 0.1) is 23.0 Å². The van der Waals surface area contributed by atoms with Gasteiger partial charge in [-0.2, -0.15) is 5.26 Å². The Labute approximate surface area is 150 Å². The van der Waals surface area contributed by atoms with E-state index in [-0.39, 0.29) is 11.7 Å². The topological polar surface area (TPSA) is 59.4 Å². The molecule has 1 fully saturated rings. The molecule has 1 N–H and O–H groups in total. The number of carbonyl (C=O) groups is 1. The van der Waals surface area contributed by atoms with E-state index < -0.39 is 11.6 Å². The third kappa shape index (κ3) is 4.55. The first-order valence-corrected chi connectivity index (χ1v) is 8.27. The largest absolute Gasteiger partial charge is 0.322 e. The van der Waals surface area contributed by atoms with Crippen molar-refractivity contribution < 1.29 is 13.6 Å². The van der Waals surface area contributed by atoms with E-state index >= 15 is 0 Å². The number of urea groups is 1. The summed E-state index contributed by atoms with van der Waals surface area (Å²) in [7, 11) is 0. The third-order valence-corrected chi connectivity index (χ3v) is 4.26. The number of nitrogens with one attached hydrogen (secondary N) is 1. The fourth-order valence-corrected chi connectivity index (χ4v) is 2.88. The first kappa shape index (κ1) is 17.8. The molecule has 0 radical (unpaired) electrons. The maximum Gasteiger partial charge on any atom is 0.321 e. The van der Waals surface area contributed by atoms with Crippen molar-refractivity contribution in [1.29, 1.82) is 5.26 Å². The summed E-state index contributed by atoms with van der Waals surface area (Å²) >= 11 is 0. The molecular formula is C19H18F2N4O. The Morgan fingerprint density at radius 2 is 1.65 bits per heavy atom. The van der Waals surface area contributed by atoms with Gasteiger partial charge in [0.15, 0.2) is 0 Å². The van der Waals surface area contributed by atoms with Gasteiger partial charge in [-0.05, 0) is 29.8 Å². The van der Waals surface area contributed by atoms with Crippen molar-refractivity contribution in [2.24, 2.45) is 0 Å². The number of nitriles is 1. The molecule has 26 heavy (non-hydrogen) atoms. The molecule has 2 amide bonds. The second-order valence-corrected chi connectivity index (χ2v) is 6.16. The second kappa shape index (κ2) is 7.93. The van der Waals surface area contributed by atoms with Gasteiger partial charge in [-0.25, -0.2) is 13.6 Å². The Hall–Kier alpha value is -2.98. The monoisotopic (exact) mass is 356 g/mol. The normalized spacial score (nSPS) is 14.7. The van der Waals surface area contributed by atoms with Gasteiger partial charge in [0.1, 0.15) is 11.6 Å².